The molecule has 1 saturated carbocycles. The first-order chi connectivity index (χ1) is 14.4. The van der Waals surface area contributed by atoms with Crippen molar-refractivity contribution in [3.05, 3.63) is 47.3 Å². The van der Waals surface area contributed by atoms with Crippen LogP contribution in [0.25, 0.3) is 0 Å². The normalized spacial score (nSPS) is 17.5. The summed E-state index contributed by atoms with van der Waals surface area (Å²) in [6.45, 7) is 8.70. The van der Waals surface area contributed by atoms with Crippen LogP contribution in [0.15, 0.2) is 30.3 Å². The largest absolute Gasteiger partial charge is 0.449 e. The number of hydrogen-bond donors (Lipinski definition) is 1. The van der Waals surface area contributed by atoms with E-state index in [0.717, 1.165) is 56.2 Å². The number of aryl methyl sites for hydroxylation is 1. The smallest absolute Gasteiger partial charge is 0.340 e. The predicted octanol–water partition coefficient (Wildman–Crippen LogP) is 3.46. The summed E-state index contributed by atoms with van der Waals surface area (Å²) in [5.41, 5.74) is 4.27. The SMILES string of the molecule is Cc1cc(C(=O)OC(C)C(=O)Nc2ccc(N3CCOCC3)cc2)c(C)n1C1CC1. The quantitative estimate of drug-likeness (QED) is 0.737. The van der Waals surface area contributed by atoms with Crippen molar-refractivity contribution in [3.63, 3.8) is 0 Å². The number of aromatic nitrogens is 1. The molecule has 1 aliphatic carbocycles. The molecular formula is C23H29N3O4. The molecule has 7 nitrogen and oxygen atoms in total. The lowest BCUT2D eigenvalue weighted by molar-refractivity contribution is -0.123. The Morgan fingerprint density at radius 2 is 1.80 bits per heavy atom. The molecule has 2 aromatic rings. The number of anilines is 2. The minimum Gasteiger partial charge on any atom is -0.449 e. The van der Waals surface area contributed by atoms with Crippen LogP contribution in [0.4, 0.5) is 11.4 Å². The molecule has 1 aromatic carbocycles. The van der Waals surface area contributed by atoms with Crippen LogP contribution < -0.4 is 10.2 Å². The Morgan fingerprint density at radius 1 is 1.13 bits per heavy atom. The summed E-state index contributed by atoms with van der Waals surface area (Å²) in [6.07, 6.45) is 1.41. The van der Waals surface area contributed by atoms with E-state index in [1.807, 2.05) is 44.2 Å². The van der Waals surface area contributed by atoms with Crippen LogP contribution in [0.1, 0.15) is 47.6 Å². The Balaban J connectivity index is 1.34. The number of rotatable bonds is 6. The summed E-state index contributed by atoms with van der Waals surface area (Å²) in [6, 6.07) is 10.0. The van der Waals surface area contributed by atoms with E-state index in [0.29, 0.717) is 17.3 Å². The summed E-state index contributed by atoms with van der Waals surface area (Å²) in [4.78, 5) is 27.4. The maximum absolute atomic E-state index is 12.6. The number of benzene rings is 1. The van der Waals surface area contributed by atoms with Crippen LogP contribution in [-0.2, 0) is 14.3 Å². The summed E-state index contributed by atoms with van der Waals surface area (Å²) >= 11 is 0. The average Bonchev–Trinajstić information content (AvgIpc) is 3.53. The Bertz CT molecular complexity index is 925. The Morgan fingerprint density at radius 3 is 2.43 bits per heavy atom. The number of morpholine rings is 1. The fraction of sp³-hybridized carbons (Fsp3) is 0.478. The summed E-state index contributed by atoms with van der Waals surface area (Å²) in [7, 11) is 0. The molecule has 1 atom stereocenters. The highest BCUT2D eigenvalue weighted by Gasteiger charge is 2.29. The third-order valence-electron chi connectivity index (χ3n) is 5.78. The topological polar surface area (TPSA) is 72.8 Å². The molecule has 4 rings (SSSR count). The maximum Gasteiger partial charge on any atom is 0.340 e. The first kappa shape index (κ1) is 20.5. The molecule has 1 aliphatic heterocycles. The lowest BCUT2D eigenvalue weighted by Gasteiger charge is -2.28. The van der Waals surface area contributed by atoms with E-state index in [1.165, 1.54) is 0 Å². The predicted molar refractivity (Wildman–Crippen MR) is 115 cm³/mol. The van der Waals surface area contributed by atoms with E-state index >= 15 is 0 Å². The van der Waals surface area contributed by atoms with Crippen molar-refractivity contribution in [3.8, 4) is 0 Å². The van der Waals surface area contributed by atoms with Gasteiger partial charge in [-0.1, -0.05) is 0 Å². The molecule has 2 aliphatic rings. The Kier molecular flexibility index (Phi) is 5.81. The van der Waals surface area contributed by atoms with Gasteiger partial charge < -0.3 is 24.3 Å². The monoisotopic (exact) mass is 411 g/mol. The van der Waals surface area contributed by atoms with Gasteiger partial charge in [0.15, 0.2) is 6.10 Å². The Labute approximate surface area is 177 Å². The zero-order valence-electron chi connectivity index (χ0n) is 17.8. The Hall–Kier alpha value is -2.80. The van der Waals surface area contributed by atoms with Crippen molar-refractivity contribution >= 4 is 23.3 Å². The van der Waals surface area contributed by atoms with Gasteiger partial charge in [-0.2, -0.15) is 0 Å². The number of carbonyl (C=O) groups is 2. The van der Waals surface area contributed by atoms with Crippen molar-refractivity contribution in [1.82, 2.24) is 4.57 Å². The first-order valence-corrected chi connectivity index (χ1v) is 10.6. The molecule has 1 N–H and O–H groups in total. The van der Waals surface area contributed by atoms with Gasteiger partial charge in [-0.15, -0.1) is 0 Å². The molecule has 1 saturated heterocycles. The van der Waals surface area contributed by atoms with Crippen LogP contribution >= 0.6 is 0 Å². The van der Waals surface area contributed by atoms with Crippen LogP contribution in [0.2, 0.25) is 0 Å². The second-order valence-electron chi connectivity index (χ2n) is 8.07. The first-order valence-electron chi connectivity index (χ1n) is 10.6. The molecule has 1 amide bonds. The number of nitrogens with one attached hydrogen (secondary N) is 1. The number of hydrogen-bond acceptors (Lipinski definition) is 5. The van der Waals surface area contributed by atoms with Gasteiger partial charge in [0.2, 0.25) is 0 Å². The van der Waals surface area contributed by atoms with E-state index in [2.05, 4.69) is 14.8 Å². The van der Waals surface area contributed by atoms with Gasteiger partial charge in [-0.05, 0) is 63.9 Å². The summed E-state index contributed by atoms with van der Waals surface area (Å²) in [5, 5.41) is 2.82. The fourth-order valence-electron chi connectivity index (χ4n) is 3.98. The van der Waals surface area contributed by atoms with Crippen molar-refractivity contribution in [2.45, 2.75) is 45.8 Å². The standard InChI is InChI=1S/C23H29N3O4/c1-15-14-21(16(2)26(15)20-8-9-20)23(28)30-17(3)22(27)24-18-4-6-19(7-5-18)25-10-12-29-13-11-25/h4-7,14,17,20H,8-13H2,1-3H3,(H,24,27). The second kappa shape index (κ2) is 8.52. The van der Waals surface area contributed by atoms with E-state index in [9.17, 15) is 9.59 Å². The number of carbonyl (C=O) groups excluding carboxylic acids is 2. The summed E-state index contributed by atoms with van der Waals surface area (Å²) in [5.74, 6) is -0.807. The van der Waals surface area contributed by atoms with E-state index in [4.69, 9.17) is 9.47 Å². The van der Waals surface area contributed by atoms with Gasteiger partial charge in [-0.25, -0.2) is 4.79 Å². The molecule has 7 heteroatoms. The molecule has 1 aromatic heterocycles. The summed E-state index contributed by atoms with van der Waals surface area (Å²) < 4.78 is 13.0. The molecule has 1 unspecified atom stereocenters. The number of nitrogens with zero attached hydrogens (tertiary/aromatic N) is 2. The lowest BCUT2D eigenvalue weighted by atomic mass is 10.2. The van der Waals surface area contributed by atoms with Crippen molar-refractivity contribution in [2.75, 3.05) is 36.5 Å². The van der Waals surface area contributed by atoms with Crippen molar-refractivity contribution in [1.29, 1.82) is 0 Å². The van der Waals surface area contributed by atoms with Gasteiger partial charge in [-0.3, -0.25) is 4.79 Å². The van der Waals surface area contributed by atoms with Gasteiger partial charge in [0, 0.05) is 41.9 Å². The minimum atomic E-state index is -0.889. The lowest BCUT2D eigenvalue weighted by Crippen LogP contribution is -2.36. The molecule has 0 radical (unpaired) electrons. The molecule has 0 bridgehead atoms. The highest BCUT2D eigenvalue weighted by Crippen LogP contribution is 2.38. The van der Waals surface area contributed by atoms with Gasteiger partial charge in [0.05, 0.1) is 18.8 Å². The fourth-order valence-corrected chi connectivity index (χ4v) is 3.98. The highest BCUT2D eigenvalue weighted by molar-refractivity contribution is 5.98. The molecule has 0 spiro atoms. The van der Waals surface area contributed by atoms with Gasteiger partial charge in [0.25, 0.3) is 5.91 Å². The third-order valence-corrected chi connectivity index (χ3v) is 5.78. The average molecular weight is 412 g/mol. The zero-order valence-corrected chi connectivity index (χ0v) is 17.8. The van der Waals surface area contributed by atoms with Crippen molar-refractivity contribution in [2.24, 2.45) is 0 Å². The number of ether oxygens (including phenoxy) is 2. The van der Waals surface area contributed by atoms with E-state index in [1.54, 1.807) is 6.92 Å². The molecule has 30 heavy (non-hydrogen) atoms. The number of amides is 1. The zero-order chi connectivity index (χ0) is 21.3. The van der Waals surface area contributed by atoms with Gasteiger partial charge >= 0.3 is 5.97 Å². The van der Waals surface area contributed by atoms with Crippen LogP contribution in [0, 0.1) is 13.8 Å². The molecule has 2 heterocycles. The third kappa shape index (κ3) is 4.36. The van der Waals surface area contributed by atoms with Crippen LogP contribution in [-0.4, -0.2) is 48.9 Å². The molecule has 2 fully saturated rings. The number of esters is 1. The van der Waals surface area contributed by atoms with Crippen molar-refractivity contribution < 1.29 is 19.1 Å². The van der Waals surface area contributed by atoms with Crippen LogP contribution in [0.3, 0.4) is 0 Å². The van der Waals surface area contributed by atoms with Crippen LogP contribution in [0.5, 0.6) is 0 Å². The van der Waals surface area contributed by atoms with E-state index < -0.39 is 12.1 Å². The molecule has 160 valence electrons. The highest BCUT2D eigenvalue weighted by atomic mass is 16.5. The molecular weight excluding hydrogens is 382 g/mol. The maximum atomic E-state index is 12.6. The second-order valence-corrected chi connectivity index (χ2v) is 8.07. The van der Waals surface area contributed by atoms with E-state index in [-0.39, 0.29) is 5.91 Å². The van der Waals surface area contributed by atoms with Gasteiger partial charge in [0.1, 0.15) is 0 Å². The minimum absolute atomic E-state index is 0.349.